The fourth-order valence-corrected chi connectivity index (χ4v) is 2.04. The number of hydrogen-bond acceptors (Lipinski definition) is 3. The van der Waals surface area contributed by atoms with Gasteiger partial charge in [0.1, 0.15) is 12.0 Å². The van der Waals surface area contributed by atoms with Crippen molar-refractivity contribution in [1.82, 2.24) is 14.5 Å². The van der Waals surface area contributed by atoms with Gasteiger partial charge in [-0.25, -0.2) is 4.98 Å². The summed E-state index contributed by atoms with van der Waals surface area (Å²) in [5.41, 5.74) is 3.83. The average Bonchev–Trinajstić information content (AvgIpc) is 2.72. The topological polar surface area (TPSA) is 47.8 Å². The molecular weight excluding hydrogens is 190 g/mol. The van der Waals surface area contributed by atoms with Crippen molar-refractivity contribution in [3.05, 3.63) is 41.7 Å². The van der Waals surface area contributed by atoms with E-state index in [0.717, 1.165) is 30.5 Å². The maximum absolute atomic E-state index is 10.8. The van der Waals surface area contributed by atoms with E-state index in [1.807, 2.05) is 16.8 Å². The van der Waals surface area contributed by atoms with Crippen molar-refractivity contribution in [2.24, 2.45) is 0 Å². The second-order valence-corrected chi connectivity index (χ2v) is 3.57. The van der Waals surface area contributed by atoms with E-state index < -0.39 is 0 Å². The van der Waals surface area contributed by atoms with Gasteiger partial charge in [0.15, 0.2) is 6.29 Å². The van der Waals surface area contributed by atoms with Crippen LogP contribution in [0.4, 0.5) is 0 Å². The van der Waals surface area contributed by atoms with Gasteiger partial charge >= 0.3 is 0 Å². The summed E-state index contributed by atoms with van der Waals surface area (Å²) in [7, 11) is 0. The minimum atomic E-state index is 0.546. The van der Waals surface area contributed by atoms with Crippen LogP contribution in [0.25, 0.3) is 5.69 Å². The summed E-state index contributed by atoms with van der Waals surface area (Å²) in [4.78, 5) is 18.9. The Kier molecular flexibility index (Phi) is 1.68. The van der Waals surface area contributed by atoms with Gasteiger partial charge < -0.3 is 4.57 Å². The van der Waals surface area contributed by atoms with E-state index >= 15 is 0 Å². The number of aldehydes is 1. The number of aromatic nitrogens is 3. The average molecular weight is 199 g/mol. The Hall–Kier alpha value is -1.97. The van der Waals surface area contributed by atoms with E-state index in [1.54, 1.807) is 12.5 Å². The first-order valence-corrected chi connectivity index (χ1v) is 4.85. The normalized spacial score (nSPS) is 13.1. The fraction of sp³-hybridized carbons (Fsp3) is 0.182. The first-order valence-electron chi connectivity index (χ1n) is 4.85. The minimum Gasteiger partial charge on any atom is -0.301 e. The summed E-state index contributed by atoms with van der Waals surface area (Å²) in [6.45, 7) is 0. The van der Waals surface area contributed by atoms with E-state index in [2.05, 4.69) is 9.97 Å². The Morgan fingerprint density at radius 3 is 3.20 bits per heavy atom. The van der Waals surface area contributed by atoms with Crippen LogP contribution >= 0.6 is 0 Å². The molecule has 0 saturated heterocycles. The third kappa shape index (κ3) is 1.11. The molecule has 1 aliphatic rings. The molecule has 4 nitrogen and oxygen atoms in total. The van der Waals surface area contributed by atoms with Crippen molar-refractivity contribution >= 4 is 6.29 Å². The van der Waals surface area contributed by atoms with Crippen LogP contribution in [-0.2, 0) is 12.8 Å². The SMILES string of the molecule is O=Cc1ncn2c1CCc1ccncc1-2. The van der Waals surface area contributed by atoms with Gasteiger partial charge in [-0.15, -0.1) is 0 Å². The molecule has 0 radical (unpaired) electrons. The molecule has 3 heterocycles. The van der Waals surface area contributed by atoms with E-state index in [4.69, 9.17) is 0 Å². The molecule has 0 saturated carbocycles. The highest BCUT2D eigenvalue weighted by Gasteiger charge is 2.18. The number of nitrogens with zero attached hydrogens (tertiary/aromatic N) is 3. The highest BCUT2D eigenvalue weighted by Crippen LogP contribution is 2.24. The van der Waals surface area contributed by atoms with Crippen molar-refractivity contribution < 1.29 is 4.79 Å². The lowest BCUT2D eigenvalue weighted by Crippen LogP contribution is -2.12. The highest BCUT2D eigenvalue weighted by atomic mass is 16.1. The number of rotatable bonds is 1. The second kappa shape index (κ2) is 3.02. The zero-order valence-electron chi connectivity index (χ0n) is 8.05. The Bertz CT molecular complexity index is 530. The van der Waals surface area contributed by atoms with Gasteiger partial charge in [-0.3, -0.25) is 9.78 Å². The molecule has 2 aromatic heterocycles. The number of pyridine rings is 1. The summed E-state index contributed by atoms with van der Waals surface area (Å²) in [5.74, 6) is 0. The van der Waals surface area contributed by atoms with E-state index in [1.165, 1.54) is 5.56 Å². The molecule has 0 N–H and O–H groups in total. The molecule has 15 heavy (non-hydrogen) atoms. The molecule has 0 aromatic carbocycles. The molecule has 0 fully saturated rings. The second-order valence-electron chi connectivity index (χ2n) is 3.57. The lowest BCUT2D eigenvalue weighted by molar-refractivity contribution is 0.111. The molecule has 1 aliphatic heterocycles. The van der Waals surface area contributed by atoms with Crippen LogP contribution in [0.2, 0.25) is 0 Å². The van der Waals surface area contributed by atoms with Crippen molar-refractivity contribution in [3.8, 4) is 5.69 Å². The molecule has 3 rings (SSSR count). The van der Waals surface area contributed by atoms with E-state index in [9.17, 15) is 4.79 Å². The summed E-state index contributed by atoms with van der Waals surface area (Å²) < 4.78 is 1.95. The Balaban J connectivity index is 2.26. The highest BCUT2D eigenvalue weighted by molar-refractivity contribution is 5.74. The molecule has 2 aromatic rings. The number of aryl methyl sites for hydroxylation is 1. The maximum Gasteiger partial charge on any atom is 0.170 e. The zero-order valence-corrected chi connectivity index (χ0v) is 8.05. The smallest absolute Gasteiger partial charge is 0.170 e. The maximum atomic E-state index is 10.8. The first kappa shape index (κ1) is 8.35. The predicted octanol–water partition coefficient (Wildman–Crippen LogP) is 1.18. The number of carbonyl (C=O) groups is 1. The summed E-state index contributed by atoms with van der Waals surface area (Å²) in [6.07, 6.45) is 7.93. The Labute approximate surface area is 86.6 Å². The summed E-state index contributed by atoms with van der Waals surface area (Å²) in [5, 5.41) is 0. The van der Waals surface area contributed by atoms with E-state index in [-0.39, 0.29) is 0 Å². The summed E-state index contributed by atoms with van der Waals surface area (Å²) in [6, 6.07) is 2.01. The number of hydrogen-bond donors (Lipinski definition) is 0. The standard InChI is InChI=1S/C11H9N3O/c15-6-9-10-2-1-8-3-4-12-5-11(8)14(10)7-13-9/h3-7H,1-2H2. The minimum absolute atomic E-state index is 0.546. The van der Waals surface area contributed by atoms with Crippen LogP contribution in [0.3, 0.4) is 0 Å². The van der Waals surface area contributed by atoms with Crippen LogP contribution in [0.1, 0.15) is 21.7 Å². The summed E-state index contributed by atoms with van der Waals surface area (Å²) >= 11 is 0. The third-order valence-electron chi connectivity index (χ3n) is 2.79. The van der Waals surface area contributed by atoms with Crippen molar-refractivity contribution in [2.75, 3.05) is 0 Å². The van der Waals surface area contributed by atoms with Crippen LogP contribution in [0.5, 0.6) is 0 Å². The number of imidazole rings is 1. The third-order valence-corrected chi connectivity index (χ3v) is 2.79. The lowest BCUT2D eigenvalue weighted by Gasteiger charge is -2.17. The molecule has 74 valence electrons. The molecule has 0 amide bonds. The Morgan fingerprint density at radius 1 is 1.40 bits per heavy atom. The van der Waals surface area contributed by atoms with Gasteiger partial charge in [0, 0.05) is 6.20 Å². The largest absolute Gasteiger partial charge is 0.301 e. The van der Waals surface area contributed by atoms with Gasteiger partial charge in [0.05, 0.1) is 17.6 Å². The zero-order chi connectivity index (χ0) is 10.3. The molecule has 0 aliphatic carbocycles. The van der Waals surface area contributed by atoms with Gasteiger partial charge in [0.25, 0.3) is 0 Å². The van der Waals surface area contributed by atoms with Crippen LogP contribution in [0.15, 0.2) is 24.8 Å². The van der Waals surface area contributed by atoms with Crippen LogP contribution < -0.4 is 0 Å². The molecule has 0 bridgehead atoms. The quantitative estimate of drug-likeness (QED) is 0.648. The molecule has 0 spiro atoms. The monoisotopic (exact) mass is 199 g/mol. The number of fused-ring (bicyclic) bond motifs is 3. The molecular formula is C11H9N3O. The van der Waals surface area contributed by atoms with Crippen LogP contribution in [0, 0.1) is 0 Å². The van der Waals surface area contributed by atoms with E-state index in [0.29, 0.717) is 5.69 Å². The predicted molar refractivity (Wildman–Crippen MR) is 54.2 cm³/mol. The first-order chi connectivity index (χ1) is 7.40. The van der Waals surface area contributed by atoms with Crippen molar-refractivity contribution in [3.63, 3.8) is 0 Å². The van der Waals surface area contributed by atoms with Crippen molar-refractivity contribution in [2.45, 2.75) is 12.8 Å². The fourth-order valence-electron chi connectivity index (χ4n) is 2.04. The lowest BCUT2D eigenvalue weighted by atomic mass is 10.0. The Morgan fingerprint density at radius 2 is 2.33 bits per heavy atom. The molecule has 0 unspecified atom stereocenters. The molecule has 4 heteroatoms. The van der Waals surface area contributed by atoms with Gasteiger partial charge in [-0.2, -0.15) is 0 Å². The number of carbonyl (C=O) groups excluding carboxylic acids is 1. The van der Waals surface area contributed by atoms with Gasteiger partial charge in [0.2, 0.25) is 0 Å². The van der Waals surface area contributed by atoms with Gasteiger partial charge in [-0.1, -0.05) is 0 Å². The molecule has 0 atom stereocenters. The van der Waals surface area contributed by atoms with Gasteiger partial charge in [-0.05, 0) is 24.5 Å². The van der Waals surface area contributed by atoms with Crippen LogP contribution in [-0.4, -0.2) is 20.8 Å². The van der Waals surface area contributed by atoms with Crippen molar-refractivity contribution in [1.29, 1.82) is 0 Å².